The lowest BCUT2D eigenvalue weighted by molar-refractivity contribution is -0.142. The summed E-state index contributed by atoms with van der Waals surface area (Å²) in [6.07, 6.45) is 4.38. The van der Waals surface area contributed by atoms with Crippen molar-refractivity contribution >= 4 is 46.8 Å². The van der Waals surface area contributed by atoms with Crippen LogP contribution < -0.4 is 10.6 Å². The first-order valence-corrected chi connectivity index (χ1v) is 11.5. The normalized spacial score (nSPS) is 30.9. The molecule has 8 heteroatoms. The van der Waals surface area contributed by atoms with Crippen molar-refractivity contribution < 1.29 is 14.4 Å². The average molecular weight is 422 g/mol. The largest absolute Gasteiger partial charge is 0.324 e. The molecule has 4 rings (SSSR count). The lowest BCUT2D eigenvalue weighted by atomic mass is 9.76. The Balaban J connectivity index is 1.81. The number of carbonyl (C=O) groups is 3. The highest BCUT2D eigenvalue weighted by Crippen LogP contribution is 2.53. The van der Waals surface area contributed by atoms with Gasteiger partial charge in [0.2, 0.25) is 17.7 Å². The molecular weight excluding hydrogens is 398 g/mol. The summed E-state index contributed by atoms with van der Waals surface area (Å²) < 4.78 is 0. The Morgan fingerprint density at radius 3 is 2.75 bits per heavy atom. The van der Waals surface area contributed by atoms with E-state index in [0.717, 1.165) is 18.6 Å². The predicted molar refractivity (Wildman–Crippen MR) is 110 cm³/mol. The highest BCUT2D eigenvalue weighted by atomic mass is 35.5. The number of amides is 3. The highest BCUT2D eigenvalue weighted by Gasteiger charge is 2.70. The van der Waals surface area contributed by atoms with Gasteiger partial charge >= 0.3 is 0 Å². The van der Waals surface area contributed by atoms with Gasteiger partial charge in [-0.1, -0.05) is 24.9 Å². The van der Waals surface area contributed by atoms with Crippen molar-refractivity contribution in [3.8, 4) is 0 Å². The van der Waals surface area contributed by atoms with E-state index >= 15 is 0 Å². The van der Waals surface area contributed by atoms with Crippen LogP contribution >= 0.6 is 23.4 Å². The van der Waals surface area contributed by atoms with Crippen LogP contribution in [0.5, 0.6) is 0 Å². The van der Waals surface area contributed by atoms with Crippen LogP contribution in [0.15, 0.2) is 18.2 Å². The van der Waals surface area contributed by atoms with Gasteiger partial charge in [0.15, 0.2) is 0 Å². The van der Waals surface area contributed by atoms with Gasteiger partial charge < -0.3 is 5.32 Å². The van der Waals surface area contributed by atoms with Crippen LogP contribution in [0.1, 0.15) is 31.7 Å². The van der Waals surface area contributed by atoms with Crippen LogP contribution in [0.25, 0.3) is 0 Å². The maximum absolute atomic E-state index is 13.4. The van der Waals surface area contributed by atoms with E-state index in [-0.39, 0.29) is 23.8 Å². The van der Waals surface area contributed by atoms with Crippen molar-refractivity contribution in [2.75, 3.05) is 23.9 Å². The van der Waals surface area contributed by atoms with Crippen molar-refractivity contribution in [2.24, 2.45) is 11.8 Å². The fourth-order valence-corrected chi connectivity index (χ4v) is 5.53. The van der Waals surface area contributed by atoms with E-state index < -0.39 is 17.4 Å². The lowest BCUT2D eigenvalue weighted by Crippen LogP contribution is -2.53. The molecule has 150 valence electrons. The third-order valence-corrected chi connectivity index (χ3v) is 7.02. The first kappa shape index (κ1) is 19.7. The van der Waals surface area contributed by atoms with Gasteiger partial charge in [-0.15, -0.1) is 0 Å². The van der Waals surface area contributed by atoms with Gasteiger partial charge in [0.25, 0.3) is 0 Å². The van der Waals surface area contributed by atoms with Crippen LogP contribution in [0.4, 0.5) is 5.69 Å². The Morgan fingerprint density at radius 2 is 2.04 bits per heavy atom. The molecule has 0 saturated carbocycles. The van der Waals surface area contributed by atoms with Crippen LogP contribution in [0.3, 0.4) is 0 Å². The zero-order valence-corrected chi connectivity index (χ0v) is 17.5. The number of rotatable bonds is 6. The number of likely N-dealkylation sites (tertiary alicyclic amines) is 1. The monoisotopic (exact) mass is 421 g/mol. The smallest absolute Gasteiger partial charge is 0.250 e. The Morgan fingerprint density at radius 1 is 1.25 bits per heavy atom. The molecule has 4 atom stereocenters. The third-order valence-electron chi connectivity index (χ3n) is 6.14. The number of benzene rings is 1. The Hall–Kier alpha value is -1.57. The summed E-state index contributed by atoms with van der Waals surface area (Å²) >= 11 is 7.91. The van der Waals surface area contributed by atoms with Gasteiger partial charge in [-0.2, -0.15) is 11.8 Å². The summed E-state index contributed by atoms with van der Waals surface area (Å²) in [4.78, 5) is 41.1. The maximum atomic E-state index is 13.4. The molecular formula is C20H24ClN3O3S. The molecule has 0 bridgehead atoms. The van der Waals surface area contributed by atoms with Gasteiger partial charge in [-0.3, -0.25) is 24.6 Å². The van der Waals surface area contributed by atoms with Crippen LogP contribution in [-0.4, -0.2) is 47.2 Å². The van der Waals surface area contributed by atoms with Gasteiger partial charge in [0, 0.05) is 28.9 Å². The fourth-order valence-electron chi connectivity index (χ4n) is 4.86. The van der Waals surface area contributed by atoms with Gasteiger partial charge in [0.1, 0.15) is 5.54 Å². The van der Waals surface area contributed by atoms with Gasteiger partial charge in [0.05, 0.1) is 11.8 Å². The number of unbranched alkanes of at least 4 members (excludes halogenated alkanes) is 1. The molecule has 0 unspecified atom stereocenters. The second-order valence-corrected chi connectivity index (χ2v) is 9.09. The molecule has 0 aliphatic carbocycles. The summed E-state index contributed by atoms with van der Waals surface area (Å²) in [6.45, 7) is 2.44. The molecule has 3 aliphatic rings. The maximum Gasteiger partial charge on any atom is 0.250 e. The predicted octanol–water partition coefficient (Wildman–Crippen LogP) is 2.61. The minimum atomic E-state index is -1.23. The second-order valence-electron chi connectivity index (χ2n) is 7.67. The molecule has 2 fully saturated rings. The number of imide groups is 1. The van der Waals surface area contributed by atoms with E-state index in [1.807, 2.05) is 13.2 Å². The molecule has 28 heavy (non-hydrogen) atoms. The van der Waals surface area contributed by atoms with Crippen molar-refractivity contribution in [3.63, 3.8) is 0 Å². The van der Waals surface area contributed by atoms with E-state index in [2.05, 4.69) is 10.6 Å². The molecule has 1 aromatic carbocycles. The number of anilines is 1. The molecule has 3 aliphatic heterocycles. The lowest BCUT2D eigenvalue weighted by Gasteiger charge is -2.29. The zero-order valence-electron chi connectivity index (χ0n) is 16.0. The van der Waals surface area contributed by atoms with Crippen molar-refractivity contribution in [3.05, 3.63) is 28.8 Å². The van der Waals surface area contributed by atoms with E-state index in [1.54, 1.807) is 30.0 Å². The van der Waals surface area contributed by atoms with E-state index in [9.17, 15) is 14.4 Å². The number of hydrogen-bond acceptors (Lipinski definition) is 5. The minimum absolute atomic E-state index is 0.151. The molecule has 0 aromatic heterocycles. The third kappa shape index (κ3) is 2.70. The second kappa shape index (κ2) is 7.35. The average Bonchev–Trinajstić information content (AvgIpc) is 3.24. The number of hydrogen-bond donors (Lipinski definition) is 2. The molecule has 2 saturated heterocycles. The van der Waals surface area contributed by atoms with Crippen molar-refractivity contribution in [2.45, 2.75) is 37.8 Å². The number of nitrogens with zero attached hydrogens (tertiary/aromatic N) is 1. The van der Waals surface area contributed by atoms with Crippen LogP contribution in [-0.2, 0) is 19.9 Å². The number of carbonyl (C=O) groups excluding carboxylic acids is 3. The zero-order chi connectivity index (χ0) is 20.1. The van der Waals surface area contributed by atoms with E-state index in [0.29, 0.717) is 29.2 Å². The first-order chi connectivity index (χ1) is 13.5. The molecule has 2 N–H and O–H groups in total. The number of fused-ring (bicyclic) bond motifs is 4. The molecule has 1 aromatic rings. The summed E-state index contributed by atoms with van der Waals surface area (Å²) in [7, 11) is 0. The fraction of sp³-hybridized carbons (Fsp3) is 0.550. The molecule has 1 spiro atoms. The van der Waals surface area contributed by atoms with Crippen molar-refractivity contribution in [1.29, 1.82) is 0 Å². The van der Waals surface area contributed by atoms with E-state index in [1.165, 1.54) is 4.90 Å². The van der Waals surface area contributed by atoms with E-state index in [4.69, 9.17) is 11.6 Å². The molecule has 6 nitrogen and oxygen atoms in total. The first-order valence-electron chi connectivity index (χ1n) is 9.69. The summed E-state index contributed by atoms with van der Waals surface area (Å²) in [5, 5.41) is 6.81. The number of thioether (sulfide) groups is 1. The Kier molecular flexibility index (Phi) is 5.18. The molecule has 0 radical (unpaired) electrons. The SMILES string of the molecule is CCCCN1C(=O)[C@@H]2[C@H](CCSC)N[C@@]3(C(=O)Nc4ccc(Cl)cc43)[C@@H]2C1=O. The highest BCUT2D eigenvalue weighted by molar-refractivity contribution is 7.98. The Bertz CT molecular complexity index is 848. The van der Waals surface area contributed by atoms with Gasteiger partial charge in [-0.05, 0) is 43.0 Å². The molecule has 3 amide bonds. The summed E-state index contributed by atoms with van der Waals surface area (Å²) in [6, 6.07) is 4.98. The van der Waals surface area contributed by atoms with Crippen molar-refractivity contribution in [1.82, 2.24) is 10.2 Å². The van der Waals surface area contributed by atoms with Gasteiger partial charge in [-0.25, -0.2) is 0 Å². The quantitative estimate of drug-likeness (QED) is 0.690. The standard InChI is InChI=1S/C20H24ClN3O3S/c1-3-4-8-24-17(25)15-14(7-9-28-2)23-20(16(15)18(24)26)12-10-11(21)5-6-13(12)22-19(20)27/h5-6,10,14-16,23H,3-4,7-9H2,1-2H3,(H,22,27)/t14-,15+,16-,20+/m0/s1. The van der Waals surface area contributed by atoms with Crippen LogP contribution in [0, 0.1) is 11.8 Å². The number of nitrogens with one attached hydrogen (secondary N) is 2. The molecule has 3 heterocycles. The topological polar surface area (TPSA) is 78.5 Å². The summed E-state index contributed by atoms with van der Waals surface area (Å²) in [5.41, 5.74) is 0.0883. The van der Waals surface area contributed by atoms with Crippen LogP contribution in [0.2, 0.25) is 5.02 Å². The number of halogens is 1. The summed E-state index contributed by atoms with van der Waals surface area (Å²) in [5.74, 6) is -1.08. The minimum Gasteiger partial charge on any atom is -0.324 e. The Labute approximate surface area is 173 Å².